The molecule has 1 heterocycles. The predicted molar refractivity (Wildman–Crippen MR) is 80.1 cm³/mol. The van der Waals surface area contributed by atoms with Gasteiger partial charge in [-0.1, -0.05) is 36.4 Å². The van der Waals surface area contributed by atoms with E-state index in [0.717, 1.165) is 0 Å². The lowest BCUT2D eigenvalue weighted by atomic mass is 10.0. The third kappa shape index (κ3) is 4.31. The van der Waals surface area contributed by atoms with Crippen LogP contribution in [0.15, 0.2) is 66.7 Å². The van der Waals surface area contributed by atoms with Crippen LogP contribution in [0.2, 0.25) is 0 Å². The summed E-state index contributed by atoms with van der Waals surface area (Å²) in [6.45, 7) is 0.707. The molecule has 1 aliphatic rings. The maximum Gasteiger partial charge on any atom is 0.243 e. The van der Waals surface area contributed by atoms with Gasteiger partial charge in [0.1, 0.15) is 5.75 Å². The van der Waals surface area contributed by atoms with E-state index in [-0.39, 0.29) is 17.4 Å². The number of aromatic hydroxyl groups is 1. The lowest BCUT2D eigenvalue weighted by molar-refractivity contribution is -0.115. The summed E-state index contributed by atoms with van der Waals surface area (Å²) >= 11 is 0. The smallest absolute Gasteiger partial charge is 0.243 e. The van der Waals surface area contributed by atoms with Gasteiger partial charge in [0.25, 0.3) is 0 Å². The number of hydrogen-bond acceptors (Lipinski definition) is 3. The fraction of sp³-hybridized carbons (Fsp3) is 0.0588. The van der Waals surface area contributed by atoms with Crippen LogP contribution in [0.25, 0.3) is 0 Å². The first-order valence-corrected chi connectivity index (χ1v) is 6.50. The number of nitrogens with one attached hydrogen (secondary N) is 1. The van der Waals surface area contributed by atoms with E-state index in [9.17, 15) is 9.59 Å². The summed E-state index contributed by atoms with van der Waals surface area (Å²) in [7, 11) is 0. The topological polar surface area (TPSA) is 66.4 Å². The van der Waals surface area contributed by atoms with E-state index >= 15 is 0 Å². The van der Waals surface area contributed by atoms with Crippen LogP contribution in [0.4, 0.5) is 0 Å². The average Bonchev–Trinajstić information content (AvgIpc) is 3.00. The van der Waals surface area contributed by atoms with Crippen LogP contribution >= 0.6 is 0 Å². The minimum atomic E-state index is -0.0319. The Morgan fingerprint density at radius 3 is 2.05 bits per heavy atom. The molecular formula is C17H15NO3. The van der Waals surface area contributed by atoms with E-state index < -0.39 is 0 Å². The maximum atomic E-state index is 11.9. The quantitative estimate of drug-likeness (QED) is 0.830. The second-order valence-corrected chi connectivity index (χ2v) is 4.39. The molecule has 0 saturated heterocycles. The number of carbonyl (C=O) groups excluding carboxylic acids is 2. The van der Waals surface area contributed by atoms with E-state index in [1.54, 1.807) is 30.3 Å². The van der Waals surface area contributed by atoms with Crippen LogP contribution < -0.4 is 5.32 Å². The van der Waals surface area contributed by atoms with Crippen molar-refractivity contribution < 1.29 is 14.7 Å². The van der Waals surface area contributed by atoms with Gasteiger partial charge in [-0.2, -0.15) is 0 Å². The second kappa shape index (κ2) is 7.05. The van der Waals surface area contributed by atoms with Gasteiger partial charge in [-0.25, -0.2) is 0 Å². The molecule has 0 unspecified atom stereocenters. The van der Waals surface area contributed by atoms with Crippen LogP contribution in [0.5, 0.6) is 5.75 Å². The van der Waals surface area contributed by atoms with Gasteiger partial charge in [-0.05, 0) is 24.3 Å². The predicted octanol–water partition coefficient (Wildman–Crippen LogP) is 2.30. The molecule has 3 rings (SSSR count). The van der Waals surface area contributed by atoms with E-state index in [1.165, 1.54) is 18.2 Å². The Kier molecular flexibility index (Phi) is 4.88. The van der Waals surface area contributed by atoms with E-state index in [2.05, 4.69) is 5.32 Å². The van der Waals surface area contributed by atoms with Crippen molar-refractivity contribution in [3.05, 3.63) is 77.9 Å². The van der Waals surface area contributed by atoms with E-state index in [1.807, 2.05) is 18.2 Å². The summed E-state index contributed by atoms with van der Waals surface area (Å²) < 4.78 is 0. The van der Waals surface area contributed by atoms with Crippen molar-refractivity contribution in [2.45, 2.75) is 0 Å². The molecule has 0 spiro atoms. The number of carbonyl (C=O) groups is 2. The number of hydrogen-bond donors (Lipinski definition) is 2. The Balaban J connectivity index is 0.000000225. The summed E-state index contributed by atoms with van der Waals surface area (Å²) in [5.41, 5.74) is 1.24. The lowest BCUT2D eigenvalue weighted by Crippen LogP contribution is -2.13. The standard InChI is InChI=1S/C13H10O2.C4H5NO/c14-12-8-6-11(7-9-12)13(15)10-4-2-1-3-5-10;6-4-2-1-3-5-4/h1-9,14H;1-2H,3H2,(H,5,6). The highest BCUT2D eigenvalue weighted by molar-refractivity contribution is 6.08. The molecule has 4 nitrogen and oxygen atoms in total. The van der Waals surface area contributed by atoms with Crippen molar-refractivity contribution in [2.75, 3.05) is 6.54 Å². The van der Waals surface area contributed by atoms with Crippen molar-refractivity contribution >= 4 is 11.7 Å². The van der Waals surface area contributed by atoms with Crippen molar-refractivity contribution in [2.24, 2.45) is 0 Å². The summed E-state index contributed by atoms with van der Waals surface area (Å²) in [6.07, 6.45) is 3.32. The monoisotopic (exact) mass is 281 g/mol. The zero-order valence-electron chi connectivity index (χ0n) is 11.3. The molecule has 0 saturated carbocycles. The summed E-state index contributed by atoms with van der Waals surface area (Å²) in [4.78, 5) is 21.9. The van der Waals surface area contributed by atoms with Gasteiger partial charge in [-0.3, -0.25) is 9.59 Å². The summed E-state index contributed by atoms with van der Waals surface area (Å²) in [5, 5.41) is 11.7. The summed E-state index contributed by atoms with van der Waals surface area (Å²) in [5.74, 6) is 0.158. The molecule has 0 bridgehead atoms. The van der Waals surface area contributed by atoms with Gasteiger partial charge in [0, 0.05) is 23.7 Å². The van der Waals surface area contributed by atoms with Crippen molar-refractivity contribution in [3.8, 4) is 5.75 Å². The molecule has 0 fully saturated rings. The van der Waals surface area contributed by atoms with Gasteiger partial charge in [0.2, 0.25) is 5.91 Å². The molecule has 1 amide bonds. The maximum absolute atomic E-state index is 11.9. The first kappa shape index (κ1) is 14.5. The highest BCUT2D eigenvalue weighted by atomic mass is 16.3. The van der Waals surface area contributed by atoms with Crippen LogP contribution in [-0.4, -0.2) is 23.3 Å². The molecule has 2 N–H and O–H groups in total. The molecule has 2 aromatic carbocycles. The van der Waals surface area contributed by atoms with Gasteiger partial charge in [0.15, 0.2) is 5.78 Å². The zero-order valence-corrected chi connectivity index (χ0v) is 11.3. The van der Waals surface area contributed by atoms with Gasteiger partial charge in [0.05, 0.1) is 0 Å². The molecule has 4 heteroatoms. The van der Waals surface area contributed by atoms with Crippen molar-refractivity contribution in [1.29, 1.82) is 0 Å². The number of rotatable bonds is 2. The second-order valence-electron chi connectivity index (χ2n) is 4.39. The molecule has 1 aliphatic heterocycles. The first-order chi connectivity index (χ1) is 10.2. The SMILES string of the molecule is O=C(c1ccccc1)c1ccc(O)cc1.O=C1C=CCN1. The molecule has 0 radical (unpaired) electrons. The minimum absolute atomic E-state index is 0.0231. The molecular weight excluding hydrogens is 266 g/mol. The van der Waals surface area contributed by atoms with Crippen LogP contribution in [-0.2, 0) is 4.79 Å². The Hall–Kier alpha value is -2.88. The Morgan fingerprint density at radius 2 is 1.57 bits per heavy atom. The normalized spacial score (nSPS) is 12.3. The fourth-order valence-corrected chi connectivity index (χ4v) is 1.75. The first-order valence-electron chi connectivity index (χ1n) is 6.50. The average molecular weight is 281 g/mol. The number of amides is 1. The molecule has 0 atom stereocenters. The number of phenolic OH excluding ortho intramolecular Hbond substituents is 1. The highest BCUT2D eigenvalue weighted by Gasteiger charge is 2.07. The summed E-state index contributed by atoms with van der Waals surface area (Å²) in [6, 6.07) is 15.3. The molecule has 0 aliphatic carbocycles. The number of phenols is 1. The largest absolute Gasteiger partial charge is 0.508 e. The lowest BCUT2D eigenvalue weighted by Gasteiger charge is -2.00. The Labute approximate surface area is 122 Å². The van der Waals surface area contributed by atoms with Crippen molar-refractivity contribution in [3.63, 3.8) is 0 Å². The molecule has 0 aromatic heterocycles. The molecule has 106 valence electrons. The van der Waals surface area contributed by atoms with Crippen LogP contribution in [0, 0.1) is 0 Å². The minimum Gasteiger partial charge on any atom is -0.508 e. The zero-order chi connectivity index (χ0) is 15.1. The third-order valence-corrected chi connectivity index (χ3v) is 2.83. The van der Waals surface area contributed by atoms with E-state index in [4.69, 9.17) is 5.11 Å². The van der Waals surface area contributed by atoms with E-state index in [0.29, 0.717) is 17.7 Å². The van der Waals surface area contributed by atoms with Crippen molar-refractivity contribution in [1.82, 2.24) is 5.32 Å². The number of ketones is 1. The Bertz CT molecular complexity index is 645. The highest BCUT2D eigenvalue weighted by Crippen LogP contribution is 2.13. The van der Waals surface area contributed by atoms with Gasteiger partial charge in [-0.15, -0.1) is 0 Å². The number of benzene rings is 2. The van der Waals surface area contributed by atoms with Crippen LogP contribution in [0.3, 0.4) is 0 Å². The molecule has 21 heavy (non-hydrogen) atoms. The Morgan fingerprint density at radius 1 is 0.952 bits per heavy atom. The third-order valence-electron chi connectivity index (χ3n) is 2.83. The van der Waals surface area contributed by atoms with Crippen LogP contribution in [0.1, 0.15) is 15.9 Å². The van der Waals surface area contributed by atoms with Gasteiger partial charge < -0.3 is 10.4 Å². The van der Waals surface area contributed by atoms with Gasteiger partial charge >= 0.3 is 0 Å². The fourth-order valence-electron chi connectivity index (χ4n) is 1.75. The molecule has 2 aromatic rings.